The number of halogens is 2. The molecule has 4 rings (SSSR count). The number of nitrogens with zero attached hydrogens (tertiary/aromatic N) is 4. The minimum atomic E-state index is -0.504. The van der Waals surface area contributed by atoms with E-state index in [9.17, 15) is 9.18 Å². The molecule has 3 heterocycles. The van der Waals surface area contributed by atoms with Crippen molar-refractivity contribution in [2.75, 3.05) is 24.5 Å². The Bertz CT molecular complexity index is 981. The van der Waals surface area contributed by atoms with Gasteiger partial charge in [0.1, 0.15) is 17.0 Å². The van der Waals surface area contributed by atoms with Gasteiger partial charge in [0.15, 0.2) is 0 Å². The molecule has 7 heteroatoms. The first-order chi connectivity index (χ1) is 13.4. The number of carbonyl (C=O) groups is 1. The van der Waals surface area contributed by atoms with E-state index in [0.29, 0.717) is 24.7 Å². The molecule has 0 spiro atoms. The molecule has 1 saturated heterocycles. The molecule has 1 aromatic carbocycles. The molecule has 2 aromatic rings. The van der Waals surface area contributed by atoms with Gasteiger partial charge in [-0.1, -0.05) is 11.6 Å². The van der Waals surface area contributed by atoms with Gasteiger partial charge in [-0.2, -0.15) is 5.26 Å². The zero-order valence-corrected chi connectivity index (χ0v) is 16.3. The number of nitriles is 1. The van der Waals surface area contributed by atoms with Crippen LogP contribution in [0.5, 0.6) is 0 Å². The molecule has 0 saturated carbocycles. The van der Waals surface area contributed by atoms with Crippen LogP contribution in [0.4, 0.5) is 10.1 Å². The van der Waals surface area contributed by atoms with Crippen molar-refractivity contribution in [1.29, 1.82) is 5.26 Å². The molecule has 1 amide bonds. The smallest absolute Gasteiger partial charge is 0.223 e. The van der Waals surface area contributed by atoms with E-state index in [0.717, 1.165) is 42.0 Å². The monoisotopic (exact) mass is 398 g/mol. The van der Waals surface area contributed by atoms with Crippen LogP contribution < -0.4 is 4.90 Å². The van der Waals surface area contributed by atoms with Crippen LogP contribution >= 0.6 is 11.6 Å². The number of fused-ring (bicyclic) bond motifs is 1. The molecule has 28 heavy (non-hydrogen) atoms. The van der Waals surface area contributed by atoms with Crippen LogP contribution in [0.3, 0.4) is 0 Å². The van der Waals surface area contributed by atoms with Crippen molar-refractivity contribution in [2.45, 2.75) is 26.3 Å². The minimum absolute atomic E-state index is 0.0486. The lowest BCUT2D eigenvalue weighted by atomic mass is 9.93. The molecule has 0 atom stereocenters. The van der Waals surface area contributed by atoms with Crippen LogP contribution in [-0.4, -0.2) is 35.4 Å². The lowest BCUT2D eigenvalue weighted by molar-refractivity contribution is -0.133. The van der Waals surface area contributed by atoms with Gasteiger partial charge < -0.3 is 9.80 Å². The number of amides is 1. The molecule has 1 fully saturated rings. The molecule has 0 unspecified atom stereocenters. The fraction of sp³-hybridized carbons (Fsp3) is 0.381. The molecule has 0 aliphatic carbocycles. The predicted octanol–water partition coefficient (Wildman–Crippen LogP) is 3.47. The van der Waals surface area contributed by atoms with Gasteiger partial charge in [-0.05, 0) is 42.3 Å². The summed E-state index contributed by atoms with van der Waals surface area (Å²) in [7, 11) is 0. The fourth-order valence-corrected chi connectivity index (χ4v) is 4.21. The first-order valence-electron chi connectivity index (χ1n) is 9.32. The van der Waals surface area contributed by atoms with E-state index in [-0.39, 0.29) is 17.4 Å². The third-order valence-corrected chi connectivity index (χ3v) is 5.77. The molecule has 2 aliphatic rings. The second-order valence-corrected chi connectivity index (χ2v) is 7.89. The van der Waals surface area contributed by atoms with Crippen LogP contribution in [-0.2, 0) is 17.8 Å². The third kappa shape index (κ3) is 3.55. The largest absolute Gasteiger partial charge is 0.371 e. The quantitative estimate of drug-likeness (QED) is 0.743. The summed E-state index contributed by atoms with van der Waals surface area (Å²) < 4.78 is 13.8. The molecular weight excluding hydrogens is 379 g/mol. The highest BCUT2D eigenvalue weighted by Crippen LogP contribution is 2.29. The van der Waals surface area contributed by atoms with Gasteiger partial charge >= 0.3 is 0 Å². The van der Waals surface area contributed by atoms with E-state index in [1.807, 2.05) is 28.9 Å². The van der Waals surface area contributed by atoms with Gasteiger partial charge in [0.2, 0.25) is 5.91 Å². The van der Waals surface area contributed by atoms with Crippen LogP contribution in [0.2, 0.25) is 5.15 Å². The standard InChI is InChI=1S/C21H20ClFN4O/c1-13-6-20(22)25-19-4-5-26(12-17(13)19)21(28)7-14-10-27(11-14)16-3-2-15(9-24)18(23)8-16/h2-3,6,8,14H,4-5,7,10-12H2,1H3. The Kier molecular flexibility index (Phi) is 4.94. The lowest BCUT2D eigenvalue weighted by Crippen LogP contribution is -2.49. The average molecular weight is 399 g/mol. The number of aromatic nitrogens is 1. The Morgan fingerprint density at radius 1 is 1.39 bits per heavy atom. The normalized spacial score (nSPS) is 16.4. The maximum Gasteiger partial charge on any atom is 0.223 e. The van der Waals surface area contributed by atoms with Crippen LogP contribution in [0, 0.1) is 30.0 Å². The Morgan fingerprint density at radius 2 is 2.18 bits per heavy atom. The highest BCUT2D eigenvalue weighted by molar-refractivity contribution is 6.29. The number of hydrogen-bond acceptors (Lipinski definition) is 4. The summed E-state index contributed by atoms with van der Waals surface area (Å²) in [6, 6.07) is 8.31. The van der Waals surface area contributed by atoms with Gasteiger partial charge in [0.25, 0.3) is 0 Å². The molecule has 144 valence electrons. The summed E-state index contributed by atoms with van der Waals surface area (Å²) in [6.45, 7) is 4.69. The molecule has 2 aliphatic heterocycles. The summed E-state index contributed by atoms with van der Waals surface area (Å²) in [6.07, 6.45) is 1.22. The highest BCUT2D eigenvalue weighted by atomic mass is 35.5. The van der Waals surface area contributed by atoms with Crippen molar-refractivity contribution >= 4 is 23.2 Å². The fourth-order valence-electron chi connectivity index (χ4n) is 3.95. The average Bonchev–Trinajstić information content (AvgIpc) is 2.63. The number of pyridine rings is 1. The Morgan fingerprint density at radius 3 is 2.89 bits per heavy atom. The topological polar surface area (TPSA) is 60.2 Å². The van der Waals surface area contributed by atoms with Crippen LogP contribution in [0.25, 0.3) is 0 Å². The number of aryl methyl sites for hydroxylation is 1. The third-order valence-electron chi connectivity index (χ3n) is 5.58. The van der Waals surface area contributed by atoms with E-state index in [2.05, 4.69) is 4.98 Å². The number of carbonyl (C=O) groups excluding carboxylic acids is 1. The maximum atomic E-state index is 13.8. The van der Waals surface area contributed by atoms with Crippen molar-refractivity contribution in [3.8, 4) is 6.07 Å². The van der Waals surface area contributed by atoms with Crippen molar-refractivity contribution < 1.29 is 9.18 Å². The molecule has 0 bridgehead atoms. The summed E-state index contributed by atoms with van der Waals surface area (Å²) in [5.41, 5.74) is 3.97. The predicted molar refractivity (Wildman–Crippen MR) is 105 cm³/mol. The second-order valence-electron chi connectivity index (χ2n) is 7.50. The summed E-state index contributed by atoms with van der Waals surface area (Å²) in [5, 5.41) is 9.32. The maximum absolute atomic E-state index is 13.8. The Balaban J connectivity index is 1.33. The molecule has 5 nitrogen and oxygen atoms in total. The second kappa shape index (κ2) is 7.40. The van der Waals surface area contributed by atoms with Gasteiger partial charge in [0.05, 0.1) is 5.56 Å². The van der Waals surface area contributed by atoms with Gasteiger partial charge in [-0.15, -0.1) is 0 Å². The van der Waals surface area contributed by atoms with Gasteiger partial charge in [0, 0.05) is 56.3 Å². The zero-order chi connectivity index (χ0) is 19.8. The zero-order valence-electron chi connectivity index (χ0n) is 15.6. The van der Waals surface area contributed by atoms with E-state index in [4.69, 9.17) is 16.9 Å². The first-order valence-corrected chi connectivity index (χ1v) is 9.69. The highest BCUT2D eigenvalue weighted by Gasteiger charge is 2.32. The van der Waals surface area contributed by atoms with Crippen molar-refractivity contribution in [3.63, 3.8) is 0 Å². The Labute approximate surface area is 168 Å². The van der Waals surface area contributed by atoms with E-state index in [1.165, 1.54) is 12.1 Å². The van der Waals surface area contributed by atoms with Gasteiger partial charge in [-0.25, -0.2) is 9.37 Å². The first kappa shape index (κ1) is 18.7. The summed E-state index contributed by atoms with van der Waals surface area (Å²) >= 11 is 6.03. The van der Waals surface area contributed by atoms with E-state index >= 15 is 0 Å². The van der Waals surface area contributed by atoms with Crippen molar-refractivity contribution in [3.05, 3.63) is 57.6 Å². The van der Waals surface area contributed by atoms with Crippen LogP contribution in [0.15, 0.2) is 24.3 Å². The number of benzene rings is 1. The summed E-state index contributed by atoms with van der Waals surface area (Å²) in [4.78, 5) is 21.1. The van der Waals surface area contributed by atoms with Crippen molar-refractivity contribution in [2.24, 2.45) is 5.92 Å². The minimum Gasteiger partial charge on any atom is -0.371 e. The summed E-state index contributed by atoms with van der Waals surface area (Å²) in [5.74, 6) is -0.0942. The molecule has 0 radical (unpaired) electrons. The lowest BCUT2D eigenvalue weighted by Gasteiger charge is -2.42. The molecule has 1 aromatic heterocycles. The SMILES string of the molecule is Cc1cc(Cl)nc2c1CN(C(=O)CC1CN(c3ccc(C#N)c(F)c3)C1)CC2. The number of rotatable bonds is 3. The van der Waals surface area contributed by atoms with E-state index < -0.39 is 5.82 Å². The van der Waals surface area contributed by atoms with E-state index in [1.54, 1.807) is 6.07 Å². The molecule has 0 N–H and O–H groups in total. The van der Waals surface area contributed by atoms with Gasteiger partial charge in [-0.3, -0.25) is 4.79 Å². The van der Waals surface area contributed by atoms with Crippen LogP contribution in [0.1, 0.15) is 28.8 Å². The molecular formula is C21H20ClFN4O. The number of hydrogen-bond donors (Lipinski definition) is 0. The Hall–Kier alpha value is -2.65. The number of anilines is 1. The van der Waals surface area contributed by atoms with Crippen molar-refractivity contribution in [1.82, 2.24) is 9.88 Å².